The zero-order chi connectivity index (χ0) is 24.1. The summed E-state index contributed by atoms with van der Waals surface area (Å²) in [5.41, 5.74) is 0.329. The van der Waals surface area contributed by atoms with Crippen LogP contribution in [0.2, 0.25) is 0 Å². The highest BCUT2D eigenvalue weighted by Crippen LogP contribution is 2.31. The summed E-state index contributed by atoms with van der Waals surface area (Å²) >= 11 is 1.25. The Bertz CT molecular complexity index is 1760. The molecule has 0 atom stereocenters. The highest BCUT2D eigenvalue weighted by atomic mass is 32.1. The molecule has 0 radical (unpaired) electrons. The molecule has 0 aliphatic rings. The largest absolute Gasteiger partial charge is 0.477 e. The Hall–Kier alpha value is -4.51. The smallest absolute Gasteiger partial charge is 0.354 e. The second kappa shape index (κ2) is 7.81. The van der Waals surface area contributed by atoms with Crippen LogP contribution in [0.5, 0.6) is 0 Å². The molecular weight excluding hydrogens is 460 g/mol. The van der Waals surface area contributed by atoms with Crippen LogP contribution in [0.25, 0.3) is 27.5 Å². The van der Waals surface area contributed by atoms with Crippen LogP contribution in [-0.2, 0) is 6.54 Å². The van der Waals surface area contributed by atoms with Gasteiger partial charge in [0, 0.05) is 34.8 Å². The third kappa shape index (κ3) is 3.30. The van der Waals surface area contributed by atoms with Gasteiger partial charge in [0.15, 0.2) is 5.69 Å². The van der Waals surface area contributed by atoms with Crippen LogP contribution in [0.3, 0.4) is 0 Å². The lowest BCUT2D eigenvalue weighted by molar-refractivity contribution is -0.384. The number of H-pyrrole nitrogens is 1. The number of rotatable bonds is 5. The van der Waals surface area contributed by atoms with Gasteiger partial charge in [-0.25, -0.2) is 14.2 Å². The lowest BCUT2D eigenvalue weighted by atomic mass is 10.1. The van der Waals surface area contributed by atoms with Crippen molar-refractivity contribution in [1.82, 2.24) is 14.1 Å². The molecule has 0 unspecified atom stereocenters. The van der Waals surface area contributed by atoms with Crippen molar-refractivity contribution in [2.75, 3.05) is 0 Å². The summed E-state index contributed by atoms with van der Waals surface area (Å²) in [7, 11) is 0. The van der Waals surface area contributed by atoms with E-state index in [0.717, 1.165) is 10.1 Å². The molecule has 34 heavy (non-hydrogen) atoms. The van der Waals surface area contributed by atoms with Crippen molar-refractivity contribution in [2.45, 2.75) is 13.5 Å². The summed E-state index contributed by atoms with van der Waals surface area (Å²) in [5, 5.41) is 25.3. The quantitative estimate of drug-likeness (QED) is 0.293. The predicted molar refractivity (Wildman–Crippen MR) is 127 cm³/mol. The summed E-state index contributed by atoms with van der Waals surface area (Å²) in [6, 6.07) is 11.1. The Balaban J connectivity index is 1.87. The van der Waals surface area contributed by atoms with E-state index in [1.54, 1.807) is 35.0 Å². The van der Waals surface area contributed by atoms with Gasteiger partial charge >= 0.3 is 11.7 Å². The molecule has 0 amide bonds. The molecule has 0 aliphatic heterocycles. The van der Waals surface area contributed by atoms with Crippen LogP contribution in [0.15, 0.2) is 62.8 Å². The minimum Gasteiger partial charge on any atom is -0.477 e. The monoisotopic (exact) mass is 476 g/mol. The van der Waals surface area contributed by atoms with Crippen molar-refractivity contribution < 1.29 is 14.8 Å². The first-order valence-electron chi connectivity index (χ1n) is 10.1. The van der Waals surface area contributed by atoms with E-state index in [1.165, 1.54) is 34.1 Å². The number of hydrogen-bond donors (Lipinski definition) is 2. The summed E-state index contributed by atoms with van der Waals surface area (Å²) in [6.45, 7) is 1.80. The molecular formula is C23H16N4O6S. The highest BCUT2D eigenvalue weighted by molar-refractivity contribution is 7.09. The summed E-state index contributed by atoms with van der Waals surface area (Å²) in [6.07, 6.45) is 0. The number of aromatic amines is 1. The van der Waals surface area contributed by atoms with Gasteiger partial charge < -0.3 is 14.7 Å². The molecule has 3 aromatic heterocycles. The lowest BCUT2D eigenvalue weighted by Gasteiger charge is -2.10. The van der Waals surface area contributed by atoms with Crippen LogP contribution >= 0.6 is 11.3 Å². The number of benzene rings is 2. The number of aromatic nitrogens is 3. The molecule has 2 N–H and O–H groups in total. The van der Waals surface area contributed by atoms with Crippen LogP contribution in [0.1, 0.15) is 21.6 Å². The van der Waals surface area contributed by atoms with Crippen molar-refractivity contribution in [3.8, 4) is 5.69 Å². The molecule has 3 heterocycles. The standard InChI is InChI=1S/C23H16N4O6S/c1-12-5-6-18-15(7-12)19(26-21(28)16-10-34-11-17(16)24-23(26)31)20(22(29)30)25(18)9-13-3-2-4-14(8-13)27(32)33/h2-8,10-11H,9H2,1H3,(H,24,31)(H,29,30). The van der Waals surface area contributed by atoms with E-state index in [-0.39, 0.29) is 29.0 Å². The number of aromatic carboxylic acids is 1. The fourth-order valence-corrected chi connectivity index (χ4v) is 4.91. The van der Waals surface area contributed by atoms with Gasteiger partial charge in [-0.15, -0.1) is 11.3 Å². The Morgan fingerprint density at radius 1 is 1.15 bits per heavy atom. The van der Waals surface area contributed by atoms with E-state index in [1.807, 2.05) is 6.92 Å². The van der Waals surface area contributed by atoms with Crippen LogP contribution in [0, 0.1) is 17.0 Å². The number of thiophene rings is 1. The van der Waals surface area contributed by atoms with Crippen LogP contribution in [-0.4, -0.2) is 30.1 Å². The molecule has 0 saturated carbocycles. The number of carbonyl (C=O) groups is 1. The number of aryl methyl sites for hydroxylation is 1. The minimum absolute atomic E-state index is 0.0176. The van der Waals surface area contributed by atoms with Gasteiger partial charge in [0.25, 0.3) is 11.2 Å². The molecule has 0 saturated heterocycles. The SMILES string of the molecule is Cc1ccc2c(c1)c(-n1c(=O)[nH]c3cscc3c1=O)c(C(=O)O)n2Cc1cccc([N+](=O)[O-])c1. The van der Waals surface area contributed by atoms with Crippen LogP contribution < -0.4 is 11.2 Å². The van der Waals surface area contributed by atoms with Gasteiger partial charge in [0.1, 0.15) is 0 Å². The van der Waals surface area contributed by atoms with E-state index in [2.05, 4.69) is 4.98 Å². The molecule has 11 heteroatoms. The molecule has 2 aromatic carbocycles. The van der Waals surface area contributed by atoms with Gasteiger partial charge in [-0.1, -0.05) is 23.8 Å². The first-order chi connectivity index (χ1) is 16.3. The first kappa shape index (κ1) is 21.3. The van der Waals surface area contributed by atoms with E-state index in [4.69, 9.17) is 0 Å². The van der Waals surface area contributed by atoms with Gasteiger partial charge in [0.05, 0.1) is 27.0 Å². The second-order valence-corrected chi connectivity index (χ2v) is 8.55. The number of carboxylic acids is 1. The Morgan fingerprint density at radius 2 is 1.94 bits per heavy atom. The number of fused-ring (bicyclic) bond motifs is 2. The van der Waals surface area contributed by atoms with Gasteiger partial charge in [-0.05, 0) is 24.6 Å². The van der Waals surface area contributed by atoms with Crippen molar-refractivity contribution >= 4 is 44.8 Å². The van der Waals surface area contributed by atoms with Crippen molar-refractivity contribution in [2.24, 2.45) is 0 Å². The topological polar surface area (TPSA) is 140 Å². The molecule has 5 rings (SSSR count). The van der Waals surface area contributed by atoms with Gasteiger partial charge in [-0.2, -0.15) is 0 Å². The summed E-state index contributed by atoms with van der Waals surface area (Å²) in [5.74, 6) is -1.34. The maximum absolute atomic E-state index is 13.3. The maximum Gasteiger partial charge on any atom is 0.354 e. The maximum atomic E-state index is 13.3. The third-order valence-electron chi connectivity index (χ3n) is 5.62. The van der Waals surface area contributed by atoms with Gasteiger partial charge in [0.2, 0.25) is 0 Å². The zero-order valence-electron chi connectivity index (χ0n) is 17.6. The Kier molecular flexibility index (Phi) is 4.91. The Morgan fingerprint density at radius 3 is 2.68 bits per heavy atom. The van der Waals surface area contributed by atoms with Crippen molar-refractivity contribution in [1.29, 1.82) is 0 Å². The highest BCUT2D eigenvalue weighted by Gasteiger charge is 2.27. The fourth-order valence-electron chi connectivity index (χ4n) is 4.16. The van der Waals surface area contributed by atoms with E-state index >= 15 is 0 Å². The number of nitrogens with one attached hydrogen (secondary N) is 1. The number of nitro benzene ring substituents is 1. The number of carboxylic acid groups (broad SMARTS) is 1. The third-order valence-corrected chi connectivity index (χ3v) is 6.36. The number of non-ortho nitro benzene ring substituents is 1. The number of nitrogens with zero attached hydrogens (tertiary/aromatic N) is 3. The second-order valence-electron chi connectivity index (χ2n) is 7.81. The Labute approximate surface area is 194 Å². The molecule has 10 nitrogen and oxygen atoms in total. The summed E-state index contributed by atoms with van der Waals surface area (Å²) in [4.78, 5) is 52.1. The average molecular weight is 476 g/mol. The van der Waals surface area contributed by atoms with Gasteiger partial charge in [-0.3, -0.25) is 14.9 Å². The molecule has 0 fully saturated rings. The molecule has 0 aliphatic carbocycles. The zero-order valence-corrected chi connectivity index (χ0v) is 18.5. The van der Waals surface area contributed by atoms with Crippen molar-refractivity contribution in [3.05, 3.63) is 101 Å². The summed E-state index contributed by atoms with van der Waals surface area (Å²) < 4.78 is 2.30. The first-order valence-corrected chi connectivity index (χ1v) is 11.0. The van der Waals surface area contributed by atoms with Crippen LogP contribution in [0.4, 0.5) is 5.69 Å². The fraction of sp³-hybridized carbons (Fsp3) is 0.0870. The van der Waals surface area contributed by atoms with E-state index in [9.17, 15) is 29.6 Å². The minimum atomic E-state index is -1.34. The van der Waals surface area contributed by atoms with Crippen molar-refractivity contribution in [3.63, 3.8) is 0 Å². The average Bonchev–Trinajstić information content (AvgIpc) is 3.37. The molecule has 170 valence electrons. The normalized spacial score (nSPS) is 11.3. The number of hydrogen-bond acceptors (Lipinski definition) is 6. The molecule has 0 spiro atoms. The molecule has 0 bridgehead atoms. The lowest BCUT2D eigenvalue weighted by Crippen LogP contribution is -2.34. The van der Waals surface area contributed by atoms with E-state index < -0.39 is 22.1 Å². The molecule has 5 aromatic rings. The predicted octanol–water partition coefficient (Wildman–Crippen LogP) is 3.66. The van der Waals surface area contributed by atoms with E-state index in [0.29, 0.717) is 22.0 Å². The number of nitro groups is 1.